The number of methoxy groups -OCH3 is 1. The molecule has 5 rings (SSSR count). The number of thioether (sulfide) groups is 1. The van der Waals surface area contributed by atoms with Crippen molar-refractivity contribution in [3.05, 3.63) is 52.7 Å². The first-order valence-corrected chi connectivity index (χ1v) is 10.7. The van der Waals surface area contributed by atoms with Crippen molar-refractivity contribution < 1.29 is 13.9 Å². The number of amides is 1. The van der Waals surface area contributed by atoms with Gasteiger partial charge in [0, 0.05) is 17.7 Å². The first kappa shape index (κ1) is 18.8. The quantitative estimate of drug-likeness (QED) is 0.496. The van der Waals surface area contributed by atoms with Crippen molar-refractivity contribution in [3.8, 4) is 5.75 Å². The summed E-state index contributed by atoms with van der Waals surface area (Å²) in [5, 5.41) is 4.37. The lowest BCUT2D eigenvalue weighted by Crippen LogP contribution is -2.30. The number of nitrogens with zero attached hydrogens (tertiary/aromatic N) is 3. The zero-order chi connectivity index (χ0) is 20.7. The minimum absolute atomic E-state index is 0.0104. The van der Waals surface area contributed by atoms with E-state index in [4.69, 9.17) is 14.1 Å². The highest BCUT2D eigenvalue weighted by molar-refractivity contribution is 7.99. The second-order valence-electron chi connectivity index (χ2n) is 7.08. The maximum absolute atomic E-state index is 13.4. The average Bonchev–Trinajstić information content (AvgIpc) is 3.39. The third kappa shape index (κ3) is 3.15. The van der Waals surface area contributed by atoms with Gasteiger partial charge in [0.1, 0.15) is 29.1 Å². The highest BCUT2D eigenvalue weighted by Crippen LogP contribution is 2.31. The van der Waals surface area contributed by atoms with Gasteiger partial charge in [-0.25, -0.2) is 4.98 Å². The molecule has 1 amide bonds. The molecule has 4 aromatic rings. The number of benzene rings is 1. The van der Waals surface area contributed by atoms with Gasteiger partial charge in [-0.1, -0.05) is 11.8 Å². The number of hydrogen-bond acceptors (Lipinski definition) is 6. The van der Waals surface area contributed by atoms with Crippen LogP contribution in [-0.4, -0.2) is 32.9 Å². The highest BCUT2D eigenvalue weighted by atomic mass is 32.2. The van der Waals surface area contributed by atoms with E-state index < -0.39 is 0 Å². The highest BCUT2D eigenvalue weighted by Gasteiger charge is 2.23. The molecule has 0 spiro atoms. The number of carbonyl (C=O) groups is 1. The molecule has 0 aliphatic carbocycles. The van der Waals surface area contributed by atoms with Crippen LogP contribution in [0.2, 0.25) is 0 Å². The molecule has 3 aromatic heterocycles. The third-order valence-electron chi connectivity index (χ3n) is 5.23. The van der Waals surface area contributed by atoms with Gasteiger partial charge in [-0.3, -0.25) is 14.2 Å². The zero-order valence-corrected chi connectivity index (χ0v) is 17.2. The summed E-state index contributed by atoms with van der Waals surface area (Å²) in [6, 6.07) is 9.13. The molecule has 0 saturated carbocycles. The number of hydrogen-bond donors (Lipinski definition) is 1. The minimum atomic E-state index is -0.211. The molecule has 1 aliphatic rings. The van der Waals surface area contributed by atoms with E-state index in [0.717, 1.165) is 28.2 Å². The number of fused-ring (bicyclic) bond motifs is 4. The fraction of sp³-hybridized carbons (Fsp3) is 0.286. The lowest BCUT2D eigenvalue weighted by molar-refractivity contribution is -0.121. The van der Waals surface area contributed by atoms with Crippen molar-refractivity contribution in [1.82, 2.24) is 19.4 Å². The Kier molecular flexibility index (Phi) is 4.74. The Morgan fingerprint density at radius 3 is 3.07 bits per heavy atom. The molecule has 0 fully saturated rings. The van der Waals surface area contributed by atoms with Crippen molar-refractivity contribution in [1.29, 1.82) is 0 Å². The SMILES string of the molecule is COc1ccc2c(c1)c1nc3n(c(=O)c1n2CC(=O)NCc1ccco1)CCCS3. The zero-order valence-electron chi connectivity index (χ0n) is 16.4. The molecule has 8 nitrogen and oxygen atoms in total. The summed E-state index contributed by atoms with van der Waals surface area (Å²) in [7, 11) is 1.60. The van der Waals surface area contributed by atoms with Crippen LogP contribution in [-0.2, 0) is 24.4 Å². The Hall–Kier alpha value is -3.20. The van der Waals surface area contributed by atoms with Crippen molar-refractivity contribution in [2.75, 3.05) is 12.9 Å². The van der Waals surface area contributed by atoms with Crippen LogP contribution >= 0.6 is 11.8 Å². The molecule has 0 saturated heterocycles. The summed E-state index contributed by atoms with van der Waals surface area (Å²) >= 11 is 1.59. The number of aromatic nitrogens is 3. The molecule has 1 aromatic carbocycles. The maximum Gasteiger partial charge on any atom is 0.278 e. The first-order valence-electron chi connectivity index (χ1n) is 9.68. The molecule has 0 atom stereocenters. The van der Waals surface area contributed by atoms with E-state index in [0.29, 0.717) is 35.6 Å². The van der Waals surface area contributed by atoms with Crippen LogP contribution in [0.1, 0.15) is 12.2 Å². The van der Waals surface area contributed by atoms with Gasteiger partial charge < -0.3 is 19.0 Å². The van der Waals surface area contributed by atoms with E-state index in [-0.39, 0.29) is 18.0 Å². The van der Waals surface area contributed by atoms with Gasteiger partial charge in [0.25, 0.3) is 5.56 Å². The summed E-state index contributed by atoms with van der Waals surface area (Å²) in [6.45, 7) is 0.941. The molecule has 0 unspecified atom stereocenters. The van der Waals surface area contributed by atoms with E-state index in [2.05, 4.69) is 5.32 Å². The molecule has 0 radical (unpaired) electrons. The Morgan fingerprint density at radius 2 is 2.27 bits per heavy atom. The predicted molar refractivity (Wildman–Crippen MR) is 114 cm³/mol. The first-order chi connectivity index (χ1) is 14.7. The number of carbonyl (C=O) groups excluding carboxylic acids is 1. The van der Waals surface area contributed by atoms with Gasteiger partial charge in [0.2, 0.25) is 5.91 Å². The average molecular weight is 424 g/mol. The van der Waals surface area contributed by atoms with Crippen molar-refractivity contribution in [2.45, 2.75) is 31.2 Å². The van der Waals surface area contributed by atoms with Crippen LogP contribution in [0.15, 0.2) is 51.0 Å². The fourth-order valence-corrected chi connectivity index (χ4v) is 4.74. The van der Waals surface area contributed by atoms with Gasteiger partial charge in [-0.15, -0.1) is 0 Å². The molecule has 1 aliphatic heterocycles. The van der Waals surface area contributed by atoms with Crippen molar-refractivity contribution in [3.63, 3.8) is 0 Å². The molecular weight excluding hydrogens is 404 g/mol. The van der Waals surface area contributed by atoms with Crippen molar-refractivity contribution in [2.24, 2.45) is 0 Å². The second-order valence-corrected chi connectivity index (χ2v) is 8.14. The van der Waals surface area contributed by atoms with Crippen LogP contribution in [0.3, 0.4) is 0 Å². The van der Waals surface area contributed by atoms with Gasteiger partial charge in [0.15, 0.2) is 5.16 Å². The predicted octanol–water partition coefficient (Wildman–Crippen LogP) is 2.77. The smallest absolute Gasteiger partial charge is 0.278 e. The number of furan rings is 1. The molecule has 154 valence electrons. The lowest BCUT2D eigenvalue weighted by Gasteiger charge is -2.16. The molecule has 9 heteroatoms. The molecule has 30 heavy (non-hydrogen) atoms. The van der Waals surface area contributed by atoms with E-state index in [1.165, 1.54) is 0 Å². The van der Waals surface area contributed by atoms with Crippen LogP contribution in [0, 0.1) is 0 Å². The normalized spacial score (nSPS) is 13.5. The van der Waals surface area contributed by atoms with Crippen molar-refractivity contribution >= 4 is 39.6 Å². The Labute approximate surface area is 175 Å². The standard InChI is InChI=1S/C21H20N4O4S/c1-28-13-5-6-16-15(10-13)18-19(20(27)24-7-3-9-30-21(24)23-18)25(16)12-17(26)22-11-14-4-2-8-29-14/h2,4-6,8,10H,3,7,9,11-12H2,1H3,(H,22,26). The largest absolute Gasteiger partial charge is 0.497 e. The lowest BCUT2D eigenvalue weighted by atomic mass is 10.2. The summed E-state index contributed by atoms with van der Waals surface area (Å²) in [6.07, 6.45) is 2.48. The molecule has 0 bridgehead atoms. The summed E-state index contributed by atoms with van der Waals surface area (Å²) in [5.41, 5.74) is 1.71. The number of rotatable bonds is 5. The Bertz CT molecular complexity index is 1310. The van der Waals surface area contributed by atoms with Crippen LogP contribution in [0.25, 0.3) is 21.9 Å². The van der Waals surface area contributed by atoms with Crippen LogP contribution in [0.4, 0.5) is 0 Å². The number of nitrogens with one attached hydrogen (secondary N) is 1. The fourth-order valence-electron chi connectivity index (χ4n) is 3.80. The van der Waals surface area contributed by atoms with Gasteiger partial charge in [-0.05, 0) is 36.8 Å². The second kappa shape index (κ2) is 7.56. The van der Waals surface area contributed by atoms with E-state index in [1.807, 2.05) is 18.2 Å². The maximum atomic E-state index is 13.4. The van der Waals surface area contributed by atoms with Gasteiger partial charge >= 0.3 is 0 Å². The monoisotopic (exact) mass is 424 g/mol. The minimum Gasteiger partial charge on any atom is -0.497 e. The van der Waals surface area contributed by atoms with Crippen LogP contribution < -0.4 is 15.6 Å². The van der Waals surface area contributed by atoms with E-state index in [1.54, 1.807) is 46.4 Å². The Morgan fingerprint density at radius 1 is 1.37 bits per heavy atom. The molecule has 4 heterocycles. The van der Waals surface area contributed by atoms with Gasteiger partial charge in [-0.2, -0.15) is 0 Å². The summed E-state index contributed by atoms with van der Waals surface area (Å²) < 4.78 is 14.1. The molecular formula is C21H20N4O4S. The van der Waals surface area contributed by atoms with E-state index >= 15 is 0 Å². The molecule has 1 N–H and O–H groups in total. The van der Waals surface area contributed by atoms with Crippen LogP contribution in [0.5, 0.6) is 5.75 Å². The summed E-state index contributed by atoms with van der Waals surface area (Å²) in [5.74, 6) is 2.08. The van der Waals surface area contributed by atoms with Gasteiger partial charge in [0.05, 0.1) is 25.4 Å². The number of ether oxygens (including phenoxy) is 1. The van der Waals surface area contributed by atoms with E-state index in [9.17, 15) is 9.59 Å². The Balaban J connectivity index is 1.63. The summed E-state index contributed by atoms with van der Waals surface area (Å²) in [4.78, 5) is 30.8. The topological polar surface area (TPSA) is 91.3 Å². The third-order valence-corrected chi connectivity index (χ3v) is 6.29.